The molecule has 0 heterocycles. The van der Waals surface area contributed by atoms with Crippen molar-refractivity contribution in [3.05, 3.63) is 11.1 Å². The van der Waals surface area contributed by atoms with Crippen LogP contribution >= 0.6 is 0 Å². The highest BCUT2D eigenvalue weighted by atomic mass is 16.5. The van der Waals surface area contributed by atoms with E-state index < -0.39 is 68.8 Å². The van der Waals surface area contributed by atoms with Gasteiger partial charge in [-0.2, -0.15) is 0 Å². The Morgan fingerprint density at radius 1 is 1.07 bits per heavy atom. The smallest absolute Gasteiger partial charge is 0.308 e. The number of hydrogen-bond donors (Lipinski definition) is 3. The topological polar surface area (TPSA) is 155 Å². The Labute approximate surface area is 235 Å². The van der Waals surface area contributed by atoms with Gasteiger partial charge in [-0.25, -0.2) is 0 Å². The van der Waals surface area contributed by atoms with Crippen molar-refractivity contribution in [1.82, 2.24) is 0 Å². The van der Waals surface area contributed by atoms with E-state index in [0.717, 1.165) is 0 Å². The van der Waals surface area contributed by atoms with Crippen LogP contribution in [0, 0.1) is 39.4 Å². The molecule has 0 aliphatic heterocycles. The molecule has 40 heavy (non-hydrogen) atoms. The number of methoxy groups -OCH3 is 1. The molecule has 0 amide bonds. The van der Waals surface area contributed by atoms with Crippen LogP contribution in [0.15, 0.2) is 11.1 Å². The van der Waals surface area contributed by atoms with Crippen LogP contribution in [0.1, 0.15) is 87.0 Å². The molecule has 0 aromatic carbocycles. The van der Waals surface area contributed by atoms with E-state index in [4.69, 9.17) is 4.74 Å². The van der Waals surface area contributed by atoms with Gasteiger partial charge in [-0.1, -0.05) is 34.6 Å². The van der Waals surface area contributed by atoms with Gasteiger partial charge in [0.15, 0.2) is 5.78 Å². The Balaban J connectivity index is 1.81. The number of esters is 1. The van der Waals surface area contributed by atoms with Gasteiger partial charge in [-0.05, 0) is 38.2 Å². The van der Waals surface area contributed by atoms with E-state index in [2.05, 4.69) is 0 Å². The Morgan fingerprint density at radius 2 is 1.68 bits per heavy atom. The van der Waals surface area contributed by atoms with Crippen molar-refractivity contribution in [3.63, 3.8) is 0 Å². The van der Waals surface area contributed by atoms with E-state index in [1.807, 2.05) is 20.8 Å². The summed E-state index contributed by atoms with van der Waals surface area (Å²) in [5.41, 5.74) is -5.86. The third-order valence-corrected chi connectivity index (χ3v) is 11.7. The summed E-state index contributed by atoms with van der Waals surface area (Å²) in [5.74, 6) is -3.87. The minimum Gasteiger partial charge on any atom is -0.469 e. The number of Topliss-reactive ketones (excluding diaryl/α,β-unsaturated/α-hetero) is 4. The summed E-state index contributed by atoms with van der Waals surface area (Å²) in [6.07, 6.45) is -2.79. The molecular weight excluding hydrogens is 516 g/mol. The quantitative estimate of drug-likeness (QED) is 0.416. The van der Waals surface area contributed by atoms with E-state index in [1.54, 1.807) is 20.8 Å². The number of fused-ring (bicyclic) bond motifs is 4. The van der Waals surface area contributed by atoms with Gasteiger partial charge in [-0.3, -0.25) is 24.0 Å². The molecule has 9 heteroatoms. The van der Waals surface area contributed by atoms with Crippen LogP contribution in [-0.2, 0) is 28.7 Å². The van der Waals surface area contributed by atoms with Gasteiger partial charge in [-0.15, -0.1) is 0 Å². The van der Waals surface area contributed by atoms with Gasteiger partial charge in [0.25, 0.3) is 0 Å². The lowest BCUT2D eigenvalue weighted by Gasteiger charge is -2.61. The van der Waals surface area contributed by atoms with Gasteiger partial charge in [0, 0.05) is 53.4 Å². The molecule has 222 valence electrons. The molecule has 3 N–H and O–H groups in total. The van der Waals surface area contributed by atoms with E-state index in [-0.39, 0.29) is 55.2 Å². The van der Waals surface area contributed by atoms with Crippen LogP contribution in [0.4, 0.5) is 0 Å². The molecule has 2 saturated carbocycles. The minimum atomic E-state index is -1.79. The predicted octanol–water partition coefficient (Wildman–Crippen LogP) is 2.51. The van der Waals surface area contributed by atoms with E-state index in [9.17, 15) is 39.3 Å². The lowest BCUT2D eigenvalue weighted by atomic mass is 9.42. The molecule has 4 aliphatic carbocycles. The number of aliphatic hydroxyl groups is 3. The molecular formula is C31H44O9. The van der Waals surface area contributed by atoms with Crippen molar-refractivity contribution in [2.45, 2.75) is 105 Å². The summed E-state index contributed by atoms with van der Waals surface area (Å²) in [6, 6.07) is 0. The summed E-state index contributed by atoms with van der Waals surface area (Å²) in [6.45, 7) is 11.8. The third kappa shape index (κ3) is 3.87. The maximum Gasteiger partial charge on any atom is 0.308 e. The van der Waals surface area contributed by atoms with Crippen molar-refractivity contribution in [3.8, 4) is 0 Å². The maximum absolute atomic E-state index is 14.2. The second kappa shape index (κ2) is 9.39. The summed E-state index contributed by atoms with van der Waals surface area (Å²) >= 11 is 0. The normalized spacial score (nSPS) is 41.0. The lowest BCUT2D eigenvalue weighted by Crippen LogP contribution is -2.65. The van der Waals surface area contributed by atoms with Crippen molar-refractivity contribution < 1.29 is 44.0 Å². The van der Waals surface area contributed by atoms with Crippen LogP contribution in [0.5, 0.6) is 0 Å². The molecule has 9 nitrogen and oxygen atoms in total. The van der Waals surface area contributed by atoms with Crippen molar-refractivity contribution >= 4 is 29.1 Å². The average molecular weight is 561 g/mol. The molecule has 0 bridgehead atoms. The highest BCUT2D eigenvalue weighted by molar-refractivity contribution is 6.08. The summed E-state index contributed by atoms with van der Waals surface area (Å²) < 4.78 is 4.69. The van der Waals surface area contributed by atoms with Gasteiger partial charge in [0.2, 0.25) is 0 Å². The summed E-state index contributed by atoms with van der Waals surface area (Å²) in [7, 11) is 1.23. The SMILES string of the molecule is COC(=O)C(C)CC(=O)CC(C)(O)C1CC(=O)C2(C)C3=C(C(=O)C(O)C12C)C1(C)CCC(=O)C(C)(C)C1CC3O. The first kappa shape index (κ1) is 30.7. The number of carbonyl (C=O) groups is 5. The number of rotatable bonds is 6. The Hall–Kier alpha value is -2.23. The number of aliphatic hydroxyl groups excluding tert-OH is 2. The molecule has 0 spiro atoms. The van der Waals surface area contributed by atoms with Crippen LogP contribution in [0.2, 0.25) is 0 Å². The number of ether oxygens (including phenoxy) is 1. The Kier molecular flexibility index (Phi) is 7.21. The van der Waals surface area contributed by atoms with Crippen LogP contribution in [0.3, 0.4) is 0 Å². The zero-order valence-corrected chi connectivity index (χ0v) is 24.9. The fourth-order valence-electron chi connectivity index (χ4n) is 9.18. The first-order valence-corrected chi connectivity index (χ1v) is 14.3. The van der Waals surface area contributed by atoms with E-state index in [1.165, 1.54) is 14.0 Å². The Morgan fingerprint density at radius 3 is 2.25 bits per heavy atom. The first-order valence-electron chi connectivity index (χ1n) is 14.3. The molecule has 9 unspecified atom stereocenters. The fourth-order valence-corrected chi connectivity index (χ4v) is 9.18. The molecule has 2 fully saturated rings. The summed E-state index contributed by atoms with van der Waals surface area (Å²) in [4.78, 5) is 65.8. The molecule has 0 aromatic heterocycles. The van der Waals surface area contributed by atoms with Crippen molar-refractivity contribution in [2.24, 2.45) is 39.4 Å². The van der Waals surface area contributed by atoms with Crippen LogP contribution in [0.25, 0.3) is 0 Å². The summed E-state index contributed by atoms with van der Waals surface area (Å²) in [5, 5.41) is 35.1. The lowest BCUT2D eigenvalue weighted by molar-refractivity contribution is -0.167. The van der Waals surface area contributed by atoms with E-state index >= 15 is 0 Å². The number of hydrogen-bond acceptors (Lipinski definition) is 9. The van der Waals surface area contributed by atoms with Crippen molar-refractivity contribution in [2.75, 3.05) is 7.11 Å². The van der Waals surface area contributed by atoms with Gasteiger partial charge >= 0.3 is 5.97 Å². The predicted molar refractivity (Wildman–Crippen MR) is 144 cm³/mol. The monoisotopic (exact) mass is 560 g/mol. The highest BCUT2D eigenvalue weighted by Gasteiger charge is 2.74. The maximum atomic E-state index is 14.2. The van der Waals surface area contributed by atoms with E-state index in [0.29, 0.717) is 12.0 Å². The average Bonchev–Trinajstić information content (AvgIpc) is 3.08. The van der Waals surface area contributed by atoms with Gasteiger partial charge in [0.05, 0.1) is 30.1 Å². The minimum absolute atomic E-state index is 0.0605. The molecule has 4 rings (SSSR count). The Bertz CT molecular complexity index is 1210. The van der Waals surface area contributed by atoms with Gasteiger partial charge < -0.3 is 20.1 Å². The standard InChI is InChI=1S/C31H44O9/c1-15(26(38)40-8)11-16(32)14-29(5,39)19-13-21(35)31(7)22-17(33)12-18-27(2,3)20(34)9-10-28(18,4)23(22)24(36)25(37)30(19,31)6/h15,17-19,25,33,37,39H,9-14H2,1-8H3. The fraction of sp³-hybridized carbons (Fsp3) is 0.774. The second-order valence-electron chi connectivity index (χ2n) is 14.2. The van der Waals surface area contributed by atoms with Crippen molar-refractivity contribution in [1.29, 1.82) is 0 Å². The first-order chi connectivity index (χ1) is 18.2. The third-order valence-electron chi connectivity index (χ3n) is 11.7. The number of ketones is 4. The number of carbonyl (C=O) groups excluding carboxylic acids is 5. The zero-order chi connectivity index (χ0) is 30.4. The van der Waals surface area contributed by atoms with Gasteiger partial charge in [0.1, 0.15) is 23.5 Å². The molecule has 0 radical (unpaired) electrons. The molecule has 9 atom stereocenters. The van der Waals surface area contributed by atoms with Crippen LogP contribution in [-0.4, -0.2) is 69.3 Å². The zero-order valence-electron chi connectivity index (χ0n) is 24.9. The molecule has 4 aliphatic rings. The molecule has 0 aromatic rings. The highest BCUT2D eigenvalue weighted by Crippen LogP contribution is 2.70. The van der Waals surface area contributed by atoms with Crippen LogP contribution < -0.4 is 0 Å². The molecule has 0 saturated heterocycles. The largest absolute Gasteiger partial charge is 0.469 e. The second-order valence-corrected chi connectivity index (χ2v) is 14.2.